The van der Waals surface area contributed by atoms with Gasteiger partial charge < -0.3 is 15.0 Å². The van der Waals surface area contributed by atoms with Crippen molar-refractivity contribution in [2.45, 2.75) is 12.7 Å². The Morgan fingerprint density at radius 3 is 2.63 bits per heavy atom. The van der Waals surface area contributed by atoms with Crippen LogP contribution in [0.1, 0.15) is 11.1 Å². The van der Waals surface area contributed by atoms with E-state index in [0.717, 1.165) is 6.07 Å². The number of rotatable bonds is 3. The molecular weight excluding hydrogens is 259 g/mol. The molecule has 0 aliphatic carbocycles. The number of alkyl halides is 3. The highest BCUT2D eigenvalue weighted by molar-refractivity contribution is 5.40. The predicted molar refractivity (Wildman–Crippen MR) is 62.6 cm³/mol. The van der Waals surface area contributed by atoms with Crippen molar-refractivity contribution in [2.75, 3.05) is 0 Å². The van der Waals surface area contributed by atoms with Crippen molar-refractivity contribution in [1.29, 1.82) is 0 Å². The fraction of sp³-hybridized carbons (Fsp3) is 0.250. The van der Waals surface area contributed by atoms with Gasteiger partial charge in [0.25, 0.3) is 0 Å². The molecule has 7 heteroatoms. The number of hydrogen-bond donors (Lipinski definition) is 1. The summed E-state index contributed by atoms with van der Waals surface area (Å²) < 4.78 is 45.5. The molecule has 0 unspecified atom stereocenters. The molecule has 0 fully saturated rings. The fourth-order valence-electron chi connectivity index (χ4n) is 1.56. The van der Waals surface area contributed by atoms with Crippen LogP contribution in [0, 0.1) is 0 Å². The van der Waals surface area contributed by atoms with Crippen LogP contribution in [0.2, 0.25) is 0 Å². The van der Waals surface area contributed by atoms with Gasteiger partial charge in [0.1, 0.15) is 5.75 Å². The van der Waals surface area contributed by atoms with Crippen molar-refractivity contribution in [3.05, 3.63) is 41.7 Å². The summed E-state index contributed by atoms with van der Waals surface area (Å²) in [6.45, 7) is 0.0335. The molecule has 0 atom stereocenters. The summed E-state index contributed by atoms with van der Waals surface area (Å²) >= 11 is 0. The average molecular weight is 271 g/mol. The highest BCUT2D eigenvalue weighted by atomic mass is 19.4. The van der Waals surface area contributed by atoms with Crippen LogP contribution in [0.5, 0.6) is 11.8 Å². The summed E-state index contributed by atoms with van der Waals surface area (Å²) in [4.78, 5) is 3.83. The summed E-state index contributed by atoms with van der Waals surface area (Å²) in [7, 11) is 1.63. The summed E-state index contributed by atoms with van der Waals surface area (Å²) in [6.07, 6.45) is -1.49. The standard InChI is InChI=1S/C12H12F3N3O/c1-18-5-4-17-11(18)19-10-3-2-8(7-16)6-9(10)12(13,14)15/h2-6H,7,16H2,1H3. The van der Waals surface area contributed by atoms with Crippen molar-refractivity contribution < 1.29 is 17.9 Å². The smallest absolute Gasteiger partial charge is 0.419 e. The number of nitrogens with two attached hydrogens (primary N) is 1. The molecule has 1 heterocycles. The molecule has 0 bridgehead atoms. The molecule has 102 valence electrons. The second-order valence-corrected chi connectivity index (χ2v) is 3.96. The first-order valence-corrected chi connectivity index (χ1v) is 5.47. The van der Waals surface area contributed by atoms with Crippen LogP contribution in [0.15, 0.2) is 30.6 Å². The zero-order chi connectivity index (χ0) is 14.0. The Morgan fingerprint density at radius 1 is 1.37 bits per heavy atom. The van der Waals surface area contributed by atoms with Gasteiger partial charge in [-0.25, -0.2) is 4.98 Å². The molecular formula is C12H12F3N3O. The third kappa shape index (κ3) is 2.87. The number of aromatic nitrogens is 2. The quantitative estimate of drug-likeness (QED) is 0.933. The van der Waals surface area contributed by atoms with Gasteiger partial charge in [0.2, 0.25) is 0 Å². The van der Waals surface area contributed by atoms with Crippen LogP contribution in [0.3, 0.4) is 0 Å². The fourth-order valence-corrected chi connectivity index (χ4v) is 1.56. The molecule has 2 aromatic rings. The Hall–Kier alpha value is -2.02. The van der Waals surface area contributed by atoms with Gasteiger partial charge in [-0.05, 0) is 17.7 Å². The average Bonchev–Trinajstić information content (AvgIpc) is 2.74. The van der Waals surface area contributed by atoms with E-state index in [0.29, 0.717) is 5.56 Å². The van der Waals surface area contributed by atoms with E-state index in [1.165, 1.54) is 22.9 Å². The second kappa shape index (κ2) is 4.93. The first kappa shape index (κ1) is 13.4. The van der Waals surface area contributed by atoms with Crippen LogP contribution in [0.4, 0.5) is 13.2 Å². The maximum atomic E-state index is 12.9. The predicted octanol–water partition coefficient (Wildman–Crippen LogP) is 2.69. The Balaban J connectivity index is 2.42. The molecule has 2 N–H and O–H groups in total. The Morgan fingerprint density at radius 2 is 2.11 bits per heavy atom. The van der Waals surface area contributed by atoms with E-state index in [-0.39, 0.29) is 18.3 Å². The maximum absolute atomic E-state index is 12.9. The van der Waals surface area contributed by atoms with Gasteiger partial charge in [0.05, 0.1) is 5.56 Å². The molecule has 4 nitrogen and oxygen atoms in total. The molecule has 0 amide bonds. The second-order valence-electron chi connectivity index (χ2n) is 3.96. The Kier molecular flexibility index (Phi) is 3.48. The van der Waals surface area contributed by atoms with Gasteiger partial charge in [0.15, 0.2) is 0 Å². The van der Waals surface area contributed by atoms with Gasteiger partial charge in [0, 0.05) is 26.0 Å². The number of nitrogens with zero attached hydrogens (tertiary/aromatic N) is 2. The lowest BCUT2D eigenvalue weighted by atomic mass is 10.1. The molecule has 1 aromatic carbocycles. The van der Waals surface area contributed by atoms with E-state index >= 15 is 0 Å². The molecule has 0 radical (unpaired) electrons. The minimum absolute atomic E-state index is 0.0335. The minimum atomic E-state index is -4.51. The number of halogens is 3. The van der Waals surface area contributed by atoms with E-state index in [2.05, 4.69) is 4.98 Å². The van der Waals surface area contributed by atoms with E-state index < -0.39 is 11.7 Å². The number of imidazole rings is 1. The van der Waals surface area contributed by atoms with E-state index in [4.69, 9.17) is 10.5 Å². The van der Waals surface area contributed by atoms with Crippen LogP contribution in [0.25, 0.3) is 0 Å². The third-order valence-electron chi connectivity index (χ3n) is 2.56. The van der Waals surface area contributed by atoms with Crippen molar-refractivity contribution in [2.24, 2.45) is 12.8 Å². The zero-order valence-corrected chi connectivity index (χ0v) is 10.1. The Bertz CT molecular complexity index is 578. The van der Waals surface area contributed by atoms with Gasteiger partial charge in [-0.15, -0.1) is 0 Å². The molecule has 0 aliphatic heterocycles. The van der Waals surface area contributed by atoms with E-state index in [1.807, 2.05) is 0 Å². The Labute approximate surface area is 107 Å². The normalized spacial score (nSPS) is 11.6. The summed E-state index contributed by atoms with van der Waals surface area (Å²) in [5.74, 6) is -0.293. The molecule has 2 rings (SSSR count). The van der Waals surface area contributed by atoms with Crippen LogP contribution >= 0.6 is 0 Å². The van der Waals surface area contributed by atoms with Gasteiger partial charge >= 0.3 is 12.2 Å². The highest BCUT2D eigenvalue weighted by Crippen LogP contribution is 2.38. The van der Waals surface area contributed by atoms with Crippen molar-refractivity contribution in [3.8, 4) is 11.8 Å². The van der Waals surface area contributed by atoms with Crippen LogP contribution in [-0.2, 0) is 19.8 Å². The molecule has 19 heavy (non-hydrogen) atoms. The lowest BCUT2D eigenvalue weighted by Gasteiger charge is -2.14. The lowest BCUT2D eigenvalue weighted by Crippen LogP contribution is -2.10. The SMILES string of the molecule is Cn1ccnc1Oc1ccc(CN)cc1C(F)(F)F. The zero-order valence-electron chi connectivity index (χ0n) is 10.1. The van der Waals surface area contributed by atoms with Gasteiger partial charge in [-0.2, -0.15) is 13.2 Å². The number of benzene rings is 1. The highest BCUT2D eigenvalue weighted by Gasteiger charge is 2.35. The molecule has 0 saturated heterocycles. The lowest BCUT2D eigenvalue weighted by molar-refractivity contribution is -0.138. The van der Waals surface area contributed by atoms with Crippen LogP contribution < -0.4 is 10.5 Å². The van der Waals surface area contributed by atoms with Crippen molar-refractivity contribution >= 4 is 0 Å². The van der Waals surface area contributed by atoms with Crippen LogP contribution in [-0.4, -0.2) is 9.55 Å². The summed E-state index contributed by atoms with van der Waals surface area (Å²) in [5.41, 5.74) is 4.87. The van der Waals surface area contributed by atoms with Gasteiger partial charge in [-0.1, -0.05) is 6.07 Å². The first-order valence-electron chi connectivity index (χ1n) is 5.47. The van der Waals surface area contributed by atoms with Crippen molar-refractivity contribution in [3.63, 3.8) is 0 Å². The number of aryl methyl sites for hydroxylation is 1. The topological polar surface area (TPSA) is 53.1 Å². The summed E-state index contributed by atoms with van der Waals surface area (Å²) in [6, 6.07) is 3.82. The number of hydrogen-bond acceptors (Lipinski definition) is 3. The molecule has 0 spiro atoms. The monoisotopic (exact) mass is 271 g/mol. The van der Waals surface area contributed by atoms with E-state index in [1.54, 1.807) is 13.2 Å². The maximum Gasteiger partial charge on any atom is 0.419 e. The molecule has 0 saturated carbocycles. The van der Waals surface area contributed by atoms with Crippen molar-refractivity contribution in [1.82, 2.24) is 9.55 Å². The molecule has 1 aromatic heterocycles. The largest absolute Gasteiger partial charge is 0.425 e. The molecule has 0 aliphatic rings. The van der Waals surface area contributed by atoms with Gasteiger partial charge in [-0.3, -0.25) is 0 Å². The third-order valence-corrected chi connectivity index (χ3v) is 2.56. The summed E-state index contributed by atoms with van der Waals surface area (Å²) in [5, 5.41) is 0. The first-order chi connectivity index (χ1) is 8.91. The number of ether oxygens (including phenoxy) is 1. The van der Waals surface area contributed by atoms with E-state index in [9.17, 15) is 13.2 Å². The minimum Gasteiger partial charge on any atom is -0.425 e.